The first-order valence-corrected chi connectivity index (χ1v) is 6.58. The van der Waals surface area contributed by atoms with Gasteiger partial charge in [-0.2, -0.15) is 0 Å². The minimum atomic E-state index is -0.862. The van der Waals surface area contributed by atoms with Crippen LogP contribution in [-0.4, -0.2) is 64.4 Å². The molecule has 0 saturated carbocycles. The van der Waals surface area contributed by atoms with Crippen LogP contribution in [0.25, 0.3) is 0 Å². The number of hydrogen-bond acceptors (Lipinski definition) is 6. The predicted octanol–water partition coefficient (Wildman–Crippen LogP) is 0.782. The summed E-state index contributed by atoms with van der Waals surface area (Å²) in [7, 11) is 3.04. The highest BCUT2D eigenvalue weighted by atomic mass is 16.6. The van der Waals surface area contributed by atoms with Crippen LogP contribution in [0.5, 0.6) is 0 Å². The van der Waals surface area contributed by atoms with Crippen LogP contribution in [0.15, 0.2) is 12.7 Å². The molecule has 0 rings (SSSR count). The maximum absolute atomic E-state index is 12.2. The van der Waals surface area contributed by atoms with E-state index in [0.717, 1.165) is 0 Å². The fourth-order valence-electron chi connectivity index (χ4n) is 1.72. The van der Waals surface area contributed by atoms with Gasteiger partial charge in [0.2, 0.25) is 0 Å². The Bertz CT molecular complexity index is 273. The summed E-state index contributed by atoms with van der Waals surface area (Å²) in [5.74, 6) is -0.438. The molecule has 1 N–H and O–H groups in total. The Labute approximate surface area is 120 Å². The molecule has 0 radical (unpaired) electrons. The first kappa shape index (κ1) is 19.1. The highest BCUT2D eigenvalue weighted by Crippen LogP contribution is 2.25. The third kappa shape index (κ3) is 6.47. The Morgan fingerprint density at radius 2 is 1.90 bits per heavy atom. The summed E-state index contributed by atoms with van der Waals surface area (Å²) >= 11 is 0. The van der Waals surface area contributed by atoms with Gasteiger partial charge < -0.3 is 24.1 Å². The van der Waals surface area contributed by atoms with E-state index in [1.54, 1.807) is 6.08 Å². The molecular formula is C14H26O6. The van der Waals surface area contributed by atoms with E-state index < -0.39 is 17.5 Å². The Balaban J connectivity index is 4.34. The molecule has 0 fully saturated rings. The molecule has 1 unspecified atom stereocenters. The van der Waals surface area contributed by atoms with E-state index in [0.29, 0.717) is 13.0 Å². The third-order valence-electron chi connectivity index (χ3n) is 2.90. The lowest BCUT2D eigenvalue weighted by Gasteiger charge is -2.29. The minimum absolute atomic E-state index is 0.0903. The number of aliphatic hydroxyl groups excluding tert-OH is 1. The fourth-order valence-corrected chi connectivity index (χ4v) is 1.72. The number of esters is 1. The van der Waals surface area contributed by atoms with Crippen LogP contribution in [0.3, 0.4) is 0 Å². The lowest BCUT2D eigenvalue weighted by Crippen LogP contribution is -2.42. The normalized spacial score (nSPS) is 13.0. The average Bonchev–Trinajstić information content (AvgIpc) is 2.44. The second kappa shape index (κ2) is 10.8. The molecular weight excluding hydrogens is 264 g/mol. The van der Waals surface area contributed by atoms with Gasteiger partial charge in [-0.15, -0.1) is 6.58 Å². The number of ether oxygens (including phenoxy) is 4. The van der Waals surface area contributed by atoms with Crippen LogP contribution in [-0.2, 0) is 23.7 Å². The first-order valence-electron chi connectivity index (χ1n) is 6.58. The molecule has 6 nitrogen and oxygen atoms in total. The van der Waals surface area contributed by atoms with E-state index >= 15 is 0 Å². The Morgan fingerprint density at radius 1 is 1.30 bits per heavy atom. The van der Waals surface area contributed by atoms with Crippen molar-refractivity contribution in [3.05, 3.63) is 12.7 Å². The summed E-state index contributed by atoms with van der Waals surface area (Å²) in [4.78, 5) is 12.2. The summed E-state index contributed by atoms with van der Waals surface area (Å²) in [6, 6.07) is 0. The van der Waals surface area contributed by atoms with Gasteiger partial charge in [0.05, 0.1) is 26.4 Å². The number of carbonyl (C=O) groups is 1. The van der Waals surface area contributed by atoms with Crippen molar-refractivity contribution >= 4 is 5.97 Å². The van der Waals surface area contributed by atoms with Crippen LogP contribution >= 0.6 is 0 Å². The summed E-state index contributed by atoms with van der Waals surface area (Å²) < 4.78 is 20.4. The molecule has 0 aliphatic rings. The second-order valence-electron chi connectivity index (χ2n) is 4.58. The Kier molecular flexibility index (Phi) is 10.3. The van der Waals surface area contributed by atoms with Crippen LogP contribution in [0.1, 0.15) is 13.3 Å². The van der Waals surface area contributed by atoms with Gasteiger partial charge >= 0.3 is 5.97 Å². The van der Waals surface area contributed by atoms with E-state index in [9.17, 15) is 9.90 Å². The maximum atomic E-state index is 12.2. The molecule has 6 heteroatoms. The Morgan fingerprint density at radius 3 is 2.35 bits per heavy atom. The average molecular weight is 290 g/mol. The van der Waals surface area contributed by atoms with Crippen LogP contribution < -0.4 is 0 Å². The first-order chi connectivity index (χ1) is 9.56. The molecule has 1 atom stereocenters. The number of hydrogen-bond donors (Lipinski definition) is 1. The van der Waals surface area contributed by atoms with E-state index in [4.69, 9.17) is 18.9 Å². The standard InChI is InChI=1S/C14H26O6/c1-5-7-19-8-12(15)9-20-13(16)14(6-2,10-17-3)11-18-4/h5,12,15H,1,6-11H2,2-4H3. The van der Waals surface area contributed by atoms with Gasteiger partial charge in [-0.1, -0.05) is 13.0 Å². The molecule has 0 aliphatic heterocycles. The topological polar surface area (TPSA) is 74.2 Å². The van der Waals surface area contributed by atoms with Crippen molar-refractivity contribution in [3.8, 4) is 0 Å². The van der Waals surface area contributed by atoms with Crippen molar-refractivity contribution in [1.82, 2.24) is 0 Å². The quantitative estimate of drug-likeness (QED) is 0.325. The monoisotopic (exact) mass is 290 g/mol. The highest BCUT2D eigenvalue weighted by Gasteiger charge is 2.39. The SMILES string of the molecule is C=CCOCC(O)COC(=O)C(CC)(COC)COC. The molecule has 0 aromatic carbocycles. The summed E-state index contributed by atoms with van der Waals surface area (Å²) in [5.41, 5.74) is -0.842. The number of methoxy groups -OCH3 is 2. The van der Waals surface area contributed by atoms with Gasteiger partial charge in [0.1, 0.15) is 18.1 Å². The molecule has 0 spiro atoms. The van der Waals surface area contributed by atoms with Crippen molar-refractivity contribution in [3.63, 3.8) is 0 Å². The van der Waals surface area contributed by atoms with Gasteiger partial charge in [0.25, 0.3) is 0 Å². The van der Waals surface area contributed by atoms with Gasteiger partial charge in [-0.05, 0) is 6.42 Å². The van der Waals surface area contributed by atoms with Crippen LogP contribution in [0.4, 0.5) is 0 Å². The van der Waals surface area contributed by atoms with Crippen molar-refractivity contribution in [2.24, 2.45) is 5.41 Å². The largest absolute Gasteiger partial charge is 0.462 e. The molecule has 20 heavy (non-hydrogen) atoms. The smallest absolute Gasteiger partial charge is 0.316 e. The molecule has 0 amide bonds. The lowest BCUT2D eigenvalue weighted by atomic mass is 9.87. The molecule has 0 bridgehead atoms. The zero-order valence-electron chi connectivity index (χ0n) is 12.6. The molecule has 0 saturated heterocycles. The van der Waals surface area contributed by atoms with Crippen LogP contribution in [0.2, 0.25) is 0 Å². The van der Waals surface area contributed by atoms with Crippen molar-refractivity contribution < 1.29 is 28.8 Å². The van der Waals surface area contributed by atoms with Gasteiger partial charge in [-0.25, -0.2) is 0 Å². The summed E-state index contributed by atoms with van der Waals surface area (Å²) in [6.45, 7) is 6.09. The number of aliphatic hydroxyl groups is 1. The summed E-state index contributed by atoms with van der Waals surface area (Å²) in [5, 5.41) is 9.62. The molecule has 0 aromatic rings. The second-order valence-corrected chi connectivity index (χ2v) is 4.58. The van der Waals surface area contributed by atoms with Crippen LogP contribution in [0, 0.1) is 5.41 Å². The van der Waals surface area contributed by atoms with Gasteiger partial charge in [0, 0.05) is 14.2 Å². The minimum Gasteiger partial charge on any atom is -0.462 e. The van der Waals surface area contributed by atoms with E-state index in [-0.39, 0.29) is 26.4 Å². The summed E-state index contributed by atoms with van der Waals surface area (Å²) in [6.07, 6.45) is 1.24. The van der Waals surface area contributed by atoms with Gasteiger partial charge in [-0.3, -0.25) is 4.79 Å². The van der Waals surface area contributed by atoms with Crippen molar-refractivity contribution in [2.45, 2.75) is 19.4 Å². The number of rotatable bonds is 12. The lowest BCUT2D eigenvalue weighted by molar-refractivity contribution is -0.167. The zero-order valence-corrected chi connectivity index (χ0v) is 12.6. The third-order valence-corrected chi connectivity index (χ3v) is 2.90. The number of carbonyl (C=O) groups excluding carboxylic acids is 1. The van der Waals surface area contributed by atoms with E-state index in [1.807, 2.05) is 6.92 Å². The van der Waals surface area contributed by atoms with Gasteiger partial charge in [0.15, 0.2) is 0 Å². The fraction of sp³-hybridized carbons (Fsp3) is 0.786. The molecule has 0 aliphatic carbocycles. The predicted molar refractivity (Wildman–Crippen MR) is 74.5 cm³/mol. The molecule has 0 heterocycles. The zero-order chi connectivity index (χ0) is 15.4. The Hall–Kier alpha value is -0.950. The van der Waals surface area contributed by atoms with E-state index in [1.165, 1.54) is 14.2 Å². The van der Waals surface area contributed by atoms with Crippen molar-refractivity contribution in [1.29, 1.82) is 0 Å². The molecule has 0 aromatic heterocycles. The van der Waals surface area contributed by atoms with E-state index in [2.05, 4.69) is 6.58 Å². The van der Waals surface area contributed by atoms with Crippen molar-refractivity contribution in [2.75, 3.05) is 47.3 Å². The maximum Gasteiger partial charge on any atom is 0.316 e. The molecule has 118 valence electrons. The highest BCUT2D eigenvalue weighted by molar-refractivity contribution is 5.77.